The summed E-state index contributed by atoms with van der Waals surface area (Å²) >= 11 is 5.17. The third-order valence-corrected chi connectivity index (χ3v) is 4.47. The summed E-state index contributed by atoms with van der Waals surface area (Å²) in [5.74, 6) is 0. The zero-order valence-corrected chi connectivity index (χ0v) is 13.8. The van der Waals surface area contributed by atoms with Crippen LogP contribution < -0.4 is 11.2 Å². The number of rotatable bonds is 3. The average Bonchev–Trinajstić information content (AvgIpc) is 2.70. The molecule has 0 radical (unpaired) electrons. The topological polar surface area (TPSA) is 105 Å². The second-order valence-electron chi connectivity index (χ2n) is 4.23. The van der Waals surface area contributed by atoms with Crippen molar-refractivity contribution in [2.45, 2.75) is 23.3 Å². The molecule has 2 rings (SSSR count). The number of nitrogens with one attached hydrogen (secondary N) is 1. The maximum Gasteiger partial charge on any atom is 0.330 e. The van der Waals surface area contributed by atoms with Crippen LogP contribution in [-0.2, 0) is 4.74 Å². The highest BCUT2D eigenvalue weighted by Crippen LogP contribution is 2.32. The number of aliphatic hydroxyl groups excluding tert-OH is 2. The van der Waals surface area contributed by atoms with Gasteiger partial charge in [0.15, 0.2) is 6.23 Å². The standard InChI is InChI=1S/C11H12BrIN2O5/c12-7-6(4-16)20-10(8(7)17)15-3-5(1-2-13)9(18)14-11(15)19/h1-3,6-8,10,16-17H,4H2,(H,14,18,19)/t6-,7+,8-,10?/m1/s1. The van der Waals surface area contributed by atoms with Crippen LogP contribution in [-0.4, -0.2) is 43.4 Å². The van der Waals surface area contributed by atoms with E-state index < -0.39 is 34.5 Å². The van der Waals surface area contributed by atoms with Crippen LogP contribution in [0.1, 0.15) is 11.8 Å². The van der Waals surface area contributed by atoms with Gasteiger partial charge in [-0.05, 0) is 10.2 Å². The summed E-state index contributed by atoms with van der Waals surface area (Å²) in [6.45, 7) is -0.290. The highest BCUT2D eigenvalue weighted by atomic mass is 127. The van der Waals surface area contributed by atoms with Crippen LogP contribution in [0.2, 0.25) is 0 Å². The minimum atomic E-state index is -1.02. The molecule has 3 N–H and O–H groups in total. The Labute approximate surface area is 135 Å². The molecule has 1 aliphatic heterocycles. The van der Waals surface area contributed by atoms with Crippen molar-refractivity contribution in [3.63, 3.8) is 0 Å². The molecule has 7 nitrogen and oxygen atoms in total. The fourth-order valence-corrected chi connectivity index (χ4v) is 2.90. The first-order valence-corrected chi connectivity index (χ1v) is 7.86. The van der Waals surface area contributed by atoms with Gasteiger partial charge in [-0.3, -0.25) is 14.3 Å². The number of halogens is 2. The van der Waals surface area contributed by atoms with E-state index in [1.54, 1.807) is 4.08 Å². The van der Waals surface area contributed by atoms with E-state index in [1.165, 1.54) is 12.3 Å². The first kappa shape index (κ1) is 15.9. The molecule has 4 atom stereocenters. The molecule has 1 saturated heterocycles. The molecule has 1 unspecified atom stereocenters. The van der Waals surface area contributed by atoms with Crippen LogP contribution >= 0.6 is 38.5 Å². The first-order chi connectivity index (χ1) is 9.49. The number of hydrogen-bond donors (Lipinski definition) is 3. The van der Waals surface area contributed by atoms with E-state index in [2.05, 4.69) is 20.9 Å². The smallest absolute Gasteiger partial charge is 0.330 e. The van der Waals surface area contributed by atoms with E-state index in [1.807, 2.05) is 22.6 Å². The number of H-pyrrole nitrogens is 1. The number of alkyl halides is 1. The van der Waals surface area contributed by atoms with Crippen LogP contribution in [0.15, 0.2) is 19.9 Å². The maximum absolute atomic E-state index is 11.8. The molecule has 0 saturated carbocycles. The molecule has 0 aliphatic carbocycles. The monoisotopic (exact) mass is 458 g/mol. The summed E-state index contributed by atoms with van der Waals surface area (Å²) in [5.41, 5.74) is -0.919. The SMILES string of the molecule is O=c1[nH]c(=O)n(C2O[C@H](CO)[C@H](Br)[C@H]2O)cc1C=CI. The van der Waals surface area contributed by atoms with Crippen molar-refractivity contribution in [3.8, 4) is 0 Å². The van der Waals surface area contributed by atoms with Crippen molar-refractivity contribution in [2.75, 3.05) is 6.61 Å². The Balaban J connectivity index is 2.46. The summed E-state index contributed by atoms with van der Waals surface area (Å²) in [6.07, 6.45) is 0.238. The van der Waals surface area contributed by atoms with Crippen molar-refractivity contribution in [2.24, 2.45) is 0 Å². The number of aromatic nitrogens is 2. The maximum atomic E-state index is 11.8. The molecule has 9 heteroatoms. The Morgan fingerprint density at radius 2 is 2.25 bits per heavy atom. The van der Waals surface area contributed by atoms with Gasteiger partial charge in [0.05, 0.1) is 23.1 Å². The summed E-state index contributed by atoms with van der Waals surface area (Å²) in [7, 11) is 0. The molecule has 2 heterocycles. The van der Waals surface area contributed by atoms with Crippen molar-refractivity contribution < 1.29 is 14.9 Å². The third kappa shape index (κ3) is 2.91. The molecule has 1 aromatic heterocycles. The van der Waals surface area contributed by atoms with Crippen LogP contribution in [0.25, 0.3) is 6.08 Å². The summed E-state index contributed by atoms with van der Waals surface area (Å²) in [4.78, 5) is 25.1. The molecule has 1 fully saturated rings. The van der Waals surface area contributed by atoms with Crippen molar-refractivity contribution in [3.05, 3.63) is 36.7 Å². The van der Waals surface area contributed by atoms with Crippen LogP contribution in [0.3, 0.4) is 0 Å². The summed E-state index contributed by atoms with van der Waals surface area (Å²) in [5, 5.41) is 19.2. The van der Waals surface area contributed by atoms with Gasteiger partial charge in [-0.15, -0.1) is 0 Å². The minimum Gasteiger partial charge on any atom is -0.394 e. The van der Waals surface area contributed by atoms with Crippen molar-refractivity contribution in [1.82, 2.24) is 9.55 Å². The second kappa shape index (κ2) is 6.52. The molecule has 0 bridgehead atoms. The van der Waals surface area contributed by atoms with Crippen LogP contribution in [0.5, 0.6) is 0 Å². The molecule has 110 valence electrons. The second-order valence-corrected chi connectivity index (χ2v) is 6.00. The van der Waals surface area contributed by atoms with E-state index in [0.717, 1.165) is 4.57 Å². The van der Waals surface area contributed by atoms with Gasteiger partial charge in [0.1, 0.15) is 6.10 Å². The van der Waals surface area contributed by atoms with E-state index in [4.69, 9.17) is 9.84 Å². The Kier molecular flexibility index (Phi) is 5.18. The quantitative estimate of drug-likeness (QED) is 0.435. The van der Waals surface area contributed by atoms with E-state index in [-0.39, 0.29) is 12.2 Å². The van der Waals surface area contributed by atoms with E-state index in [0.29, 0.717) is 0 Å². The minimum absolute atomic E-state index is 0.272. The fourth-order valence-electron chi connectivity index (χ4n) is 1.96. The lowest BCUT2D eigenvalue weighted by Crippen LogP contribution is -2.37. The average molecular weight is 459 g/mol. The first-order valence-electron chi connectivity index (χ1n) is 5.70. The summed E-state index contributed by atoms with van der Waals surface area (Å²) in [6, 6.07) is 0. The van der Waals surface area contributed by atoms with Gasteiger partial charge in [-0.25, -0.2) is 4.79 Å². The van der Waals surface area contributed by atoms with Gasteiger partial charge in [0.25, 0.3) is 5.56 Å². The number of ether oxygens (including phenoxy) is 1. The predicted molar refractivity (Wildman–Crippen MR) is 84.1 cm³/mol. The number of nitrogens with zero attached hydrogens (tertiary/aromatic N) is 1. The molecule has 0 aromatic carbocycles. The highest BCUT2D eigenvalue weighted by molar-refractivity contribution is 14.1. The highest BCUT2D eigenvalue weighted by Gasteiger charge is 2.43. The van der Waals surface area contributed by atoms with E-state index >= 15 is 0 Å². The largest absolute Gasteiger partial charge is 0.394 e. The zero-order valence-electron chi connectivity index (χ0n) is 10.1. The molecule has 1 aromatic rings. The predicted octanol–water partition coefficient (Wildman–Crippen LogP) is -0.0436. The molecular formula is C11H12BrIN2O5. The number of aliphatic hydroxyl groups is 2. The van der Waals surface area contributed by atoms with Crippen LogP contribution in [0.4, 0.5) is 0 Å². The van der Waals surface area contributed by atoms with Gasteiger partial charge in [-0.1, -0.05) is 38.5 Å². The lowest BCUT2D eigenvalue weighted by atomic mass is 10.2. The third-order valence-electron chi connectivity index (χ3n) is 2.98. The lowest BCUT2D eigenvalue weighted by Gasteiger charge is -2.17. The summed E-state index contributed by atoms with van der Waals surface area (Å²) < 4.78 is 8.19. The lowest BCUT2D eigenvalue weighted by molar-refractivity contribution is -0.0530. The fraction of sp³-hybridized carbons (Fsp3) is 0.455. The van der Waals surface area contributed by atoms with E-state index in [9.17, 15) is 14.7 Å². The van der Waals surface area contributed by atoms with Gasteiger partial charge < -0.3 is 14.9 Å². The molecule has 0 amide bonds. The number of aromatic amines is 1. The Morgan fingerprint density at radius 3 is 2.80 bits per heavy atom. The molecule has 0 spiro atoms. The van der Waals surface area contributed by atoms with Gasteiger partial charge in [0.2, 0.25) is 0 Å². The Bertz CT molecular complexity index is 628. The van der Waals surface area contributed by atoms with Gasteiger partial charge >= 0.3 is 5.69 Å². The molecular weight excluding hydrogens is 447 g/mol. The van der Waals surface area contributed by atoms with Crippen LogP contribution in [0, 0.1) is 0 Å². The van der Waals surface area contributed by atoms with Crippen molar-refractivity contribution >= 4 is 44.6 Å². The van der Waals surface area contributed by atoms with Gasteiger partial charge in [-0.2, -0.15) is 0 Å². The molecule has 20 heavy (non-hydrogen) atoms. The van der Waals surface area contributed by atoms with Crippen molar-refractivity contribution in [1.29, 1.82) is 0 Å². The Morgan fingerprint density at radius 1 is 1.55 bits per heavy atom. The molecule has 1 aliphatic rings. The zero-order chi connectivity index (χ0) is 14.9. The van der Waals surface area contributed by atoms with Gasteiger partial charge in [0, 0.05) is 6.20 Å². The Hall–Kier alpha value is -0.490. The number of hydrogen-bond acceptors (Lipinski definition) is 5. The normalized spacial score (nSPS) is 30.2.